The van der Waals surface area contributed by atoms with Gasteiger partial charge in [0.1, 0.15) is 5.75 Å². The topological polar surface area (TPSA) is 22.1 Å². The van der Waals surface area contributed by atoms with Crippen molar-refractivity contribution in [1.29, 1.82) is 0 Å². The number of aromatic nitrogens is 1. The molecule has 108 valence electrons. The Labute approximate surface area is 123 Å². The number of para-hydroxylation sites is 1. The highest BCUT2D eigenvalue weighted by Crippen LogP contribution is 2.35. The molecular weight excluding hydrogens is 311 g/mol. The largest absolute Gasteiger partial charge is 0.493 e. The highest BCUT2D eigenvalue weighted by molar-refractivity contribution is 7.09. The van der Waals surface area contributed by atoms with Crippen molar-refractivity contribution in [2.75, 3.05) is 6.61 Å². The van der Waals surface area contributed by atoms with E-state index in [0.29, 0.717) is 12.3 Å². The van der Waals surface area contributed by atoms with Crippen molar-refractivity contribution in [3.05, 3.63) is 45.9 Å². The van der Waals surface area contributed by atoms with Gasteiger partial charge in [-0.2, -0.15) is 13.2 Å². The number of nitrogens with zero attached hydrogens (tertiary/aromatic N) is 1. The molecular formula is C13H11ClF3NOS. The molecule has 0 saturated heterocycles. The van der Waals surface area contributed by atoms with Crippen LogP contribution in [-0.2, 0) is 18.5 Å². The minimum atomic E-state index is -4.41. The third-order valence-electron chi connectivity index (χ3n) is 2.50. The van der Waals surface area contributed by atoms with Crippen LogP contribution in [0.25, 0.3) is 0 Å². The number of benzene rings is 1. The summed E-state index contributed by atoms with van der Waals surface area (Å²) >= 11 is 7.05. The fraction of sp³-hybridized carbons (Fsp3) is 0.308. The van der Waals surface area contributed by atoms with E-state index >= 15 is 0 Å². The van der Waals surface area contributed by atoms with Crippen LogP contribution in [0, 0.1) is 0 Å². The highest BCUT2D eigenvalue weighted by atomic mass is 35.5. The molecule has 0 aliphatic rings. The van der Waals surface area contributed by atoms with E-state index in [-0.39, 0.29) is 12.4 Å². The van der Waals surface area contributed by atoms with Crippen LogP contribution in [-0.4, -0.2) is 11.6 Å². The molecule has 0 radical (unpaired) electrons. The standard InChI is InChI=1S/C13H11ClF3NOS/c14-7-9-8-20-12(18-9)5-6-19-11-4-2-1-3-10(11)13(15,16)17/h1-4,8H,5-7H2. The zero-order valence-corrected chi connectivity index (χ0v) is 11.9. The lowest BCUT2D eigenvalue weighted by Gasteiger charge is -2.13. The van der Waals surface area contributed by atoms with Gasteiger partial charge in [-0.25, -0.2) is 4.98 Å². The second-order valence-electron chi connectivity index (χ2n) is 3.96. The Morgan fingerprint density at radius 3 is 2.65 bits per heavy atom. The maximum Gasteiger partial charge on any atom is 0.419 e. The van der Waals surface area contributed by atoms with Gasteiger partial charge in [0.15, 0.2) is 0 Å². The molecule has 0 bridgehead atoms. The first kappa shape index (κ1) is 15.1. The summed E-state index contributed by atoms with van der Waals surface area (Å²) in [5.41, 5.74) is 0.00273. The molecule has 0 spiro atoms. The fourth-order valence-electron chi connectivity index (χ4n) is 1.60. The maximum atomic E-state index is 12.7. The van der Waals surface area contributed by atoms with Crippen LogP contribution in [0.3, 0.4) is 0 Å². The average Bonchev–Trinajstić information content (AvgIpc) is 2.86. The van der Waals surface area contributed by atoms with Crippen LogP contribution in [0.15, 0.2) is 29.6 Å². The third-order valence-corrected chi connectivity index (χ3v) is 3.73. The van der Waals surface area contributed by atoms with Crippen molar-refractivity contribution >= 4 is 22.9 Å². The molecule has 1 heterocycles. The van der Waals surface area contributed by atoms with E-state index in [2.05, 4.69) is 4.98 Å². The Kier molecular flexibility index (Phi) is 4.88. The van der Waals surface area contributed by atoms with Crippen molar-refractivity contribution in [1.82, 2.24) is 4.98 Å². The van der Waals surface area contributed by atoms with E-state index in [1.165, 1.54) is 29.5 Å². The fourth-order valence-corrected chi connectivity index (χ4v) is 2.61. The number of ether oxygens (including phenoxy) is 1. The maximum absolute atomic E-state index is 12.7. The Bertz CT molecular complexity index is 571. The molecule has 0 fully saturated rings. The number of hydrogen-bond donors (Lipinski definition) is 0. The van der Waals surface area contributed by atoms with E-state index in [4.69, 9.17) is 16.3 Å². The lowest BCUT2D eigenvalue weighted by atomic mass is 10.2. The van der Waals surface area contributed by atoms with Gasteiger partial charge < -0.3 is 4.74 Å². The van der Waals surface area contributed by atoms with Crippen molar-refractivity contribution in [2.45, 2.75) is 18.5 Å². The lowest BCUT2D eigenvalue weighted by Crippen LogP contribution is -2.10. The average molecular weight is 322 g/mol. The molecule has 0 aliphatic carbocycles. The zero-order valence-electron chi connectivity index (χ0n) is 10.3. The summed E-state index contributed by atoms with van der Waals surface area (Å²) in [6.45, 7) is 0.141. The van der Waals surface area contributed by atoms with Crippen molar-refractivity contribution in [3.8, 4) is 5.75 Å². The van der Waals surface area contributed by atoms with Gasteiger partial charge in [-0.15, -0.1) is 22.9 Å². The number of thiazole rings is 1. The van der Waals surface area contributed by atoms with Crippen molar-refractivity contribution < 1.29 is 17.9 Å². The van der Waals surface area contributed by atoms with E-state index in [0.717, 1.165) is 16.8 Å². The molecule has 0 atom stereocenters. The predicted molar refractivity (Wildman–Crippen MR) is 72.3 cm³/mol. The number of hydrogen-bond acceptors (Lipinski definition) is 3. The molecule has 1 aromatic heterocycles. The minimum absolute atomic E-state index is 0.141. The predicted octanol–water partition coefficient (Wildman–Crippen LogP) is 4.52. The zero-order chi connectivity index (χ0) is 14.6. The summed E-state index contributed by atoms with van der Waals surface area (Å²) in [4.78, 5) is 4.22. The van der Waals surface area contributed by atoms with Crippen LogP contribution < -0.4 is 4.74 Å². The van der Waals surface area contributed by atoms with Crippen LogP contribution in [0.4, 0.5) is 13.2 Å². The molecule has 7 heteroatoms. The molecule has 2 rings (SSSR count). The second kappa shape index (κ2) is 6.45. The number of alkyl halides is 4. The minimum Gasteiger partial charge on any atom is -0.493 e. The molecule has 20 heavy (non-hydrogen) atoms. The Morgan fingerprint density at radius 2 is 2.00 bits per heavy atom. The number of halogens is 4. The Morgan fingerprint density at radius 1 is 1.25 bits per heavy atom. The first-order valence-corrected chi connectivity index (χ1v) is 7.20. The first-order valence-electron chi connectivity index (χ1n) is 5.79. The molecule has 0 N–H and O–H groups in total. The molecule has 2 aromatic rings. The summed E-state index contributed by atoms with van der Waals surface area (Å²) < 4.78 is 43.5. The van der Waals surface area contributed by atoms with Crippen LogP contribution in [0.5, 0.6) is 5.75 Å². The molecule has 0 aliphatic heterocycles. The Hall–Kier alpha value is -1.27. The van der Waals surface area contributed by atoms with Gasteiger partial charge in [-0.05, 0) is 12.1 Å². The lowest BCUT2D eigenvalue weighted by molar-refractivity contribution is -0.138. The second-order valence-corrected chi connectivity index (χ2v) is 5.17. The molecule has 0 saturated carbocycles. The molecule has 1 aromatic carbocycles. The van der Waals surface area contributed by atoms with Crippen LogP contribution in [0.1, 0.15) is 16.3 Å². The summed E-state index contributed by atoms with van der Waals surface area (Å²) in [7, 11) is 0. The highest BCUT2D eigenvalue weighted by Gasteiger charge is 2.33. The van der Waals surface area contributed by atoms with E-state index in [9.17, 15) is 13.2 Å². The van der Waals surface area contributed by atoms with Gasteiger partial charge in [0.05, 0.1) is 28.8 Å². The first-order chi connectivity index (χ1) is 9.50. The van der Waals surface area contributed by atoms with Gasteiger partial charge in [0.25, 0.3) is 0 Å². The quantitative estimate of drug-likeness (QED) is 0.755. The Balaban J connectivity index is 1.97. The van der Waals surface area contributed by atoms with Gasteiger partial charge in [0, 0.05) is 11.8 Å². The van der Waals surface area contributed by atoms with E-state index < -0.39 is 11.7 Å². The monoisotopic (exact) mass is 321 g/mol. The van der Waals surface area contributed by atoms with Crippen molar-refractivity contribution in [3.63, 3.8) is 0 Å². The van der Waals surface area contributed by atoms with Gasteiger partial charge in [0.2, 0.25) is 0 Å². The molecule has 0 unspecified atom stereocenters. The van der Waals surface area contributed by atoms with E-state index in [1.807, 2.05) is 5.38 Å². The van der Waals surface area contributed by atoms with Gasteiger partial charge >= 0.3 is 6.18 Å². The van der Waals surface area contributed by atoms with E-state index in [1.54, 1.807) is 0 Å². The smallest absolute Gasteiger partial charge is 0.419 e. The van der Waals surface area contributed by atoms with Gasteiger partial charge in [-0.3, -0.25) is 0 Å². The summed E-state index contributed by atoms with van der Waals surface area (Å²) in [6.07, 6.45) is -3.96. The molecule has 2 nitrogen and oxygen atoms in total. The third kappa shape index (κ3) is 3.86. The molecule has 0 amide bonds. The van der Waals surface area contributed by atoms with Crippen LogP contribution in [0.2, 0.25) is 0 Å². The summed E-state index contributed by atoms with van der Waals surface area (Å²) in [5.74, 6) is 0.169. The summed E-state index contributed by atoms with van der Waals surface area (Å²) in [5, 5.41) is 2.62. The SMILES string of the molecule is FC(F)(F)c1ccccc1OCCc1nc(CCl)cs1. The summed E-state index contributed by atoms with van der Waals surface area (Å²) in [6, 6.07) is 5.17. The number of rotatable bonds is 5. The normalized spacial score (nSPS) is 11.6. The van der Waals surface area contributed by atoms with Gasteiger partial charge in [-0.1, -0.05) is 12.1 Å². The van der Waals surface area contributed by atoms with Crippen LogP contribution >= 0.6 is 22.9 Å². The van der Waals surface area contributed by atoms with Crippen molar-refractivity contribution in [2.24, 2.45) is 0 Å².